The molecule has 0 aromatic carbocycles. The van der Waals surface area contributed by atoms with Gasteiger partial charge in [-0.15, -0.1) is 11.3 Å². The number of likely N-dealkylation sites (tertiary alicyclic amines) is 1. The third kappa shape index (κ3) is 4.76. The number of aromatic nitrogens is 1. The molecule has 2 heterocycles. The first kappa shape index (κ1) is 15.3. The summed E-state index contributed by atoms with van der Waals surface area (Å²) < 4.78 is 5.43. The first-order chi connectivity index (χ1) is 9.44. The van der Waals surface area contributed by atoms with Crippen molar-refractivity contribution in [2.75, 3.05) is 13.1 Å². The smallest absolute Gasteiger partial charge is 0.410 e. The second-order valence-corrected chi connectivity index (χ2v) is 7.09. The summed E-state index contributed by atoms with van der Waals surface area (Å²) in [5.41, 5.74) is 1.41. The van der Waals surface area contributed by atoms with Gasteiger partial charge in [0, 0.05) is 36.8 Å². The van der Waals surface area contributed by atoms with Crippen LogP contribution in [0, 0.1) is 0 Å². The van der Waals surface area contributed by atoms with E-state index in [4.69, 9.17) is 4.74 Å². The number of thiazole rings is 1. The van der Waals surface area contributed by atoms with Crippen molar-refractivity contribution in [1.29, 1.82) is 0 Å². The molecule has 1 atom stereocenters. The Bertz CT molecular complexity index is 428. The SMILES string of the molecule is CC(C)(C)OC(=O)N1CCC[C@H](NCc2cncs2)C1. The average Bonchev–Trinajstić information content (AvgIpc) is 2.88. The van der Waals surface area contributed by atoms with E-state index in [1.54, 1.807) is 16.2 Å². The second-order valence-electron chi connectivity index (χ2n) is 6.11. The predicted molar refractivity (Wildman–Crippen MR) is 79.8 cm³/mol. The number of carbonyl (C=O) groups excluding carboxylic acids is 1. The molecule has 1 aromatic heterocycles. The Morgan fingerprint density at radius 2 is 2.40 bits per heavy atom. The van der Waals surface area contributed by atoms with Crippen molar-refractivity contribution >= 4 is 17.4 Å². The maximum absolute atomic E-state index is 12.1. The monoisotopic (exact) mass is 297 g/mol. The highest BCUT2D eigenvalue weighted by atomic mass is 32.1. The zero-order valence-corrected chi connectivity index (χ0v) is 13.2. The molecule has 0 radical (unpaired) electrons. The van der Waals surface area contributed by atoms with Crippen LogP contribution < -0.4 is 5.32 Å². The molecule has 0 unspecified atom stereocenters. The third-order valence-electron chi connectivity index (χ3n) is 3.12. The number of hydrogen-bond acceptors (Lipinski definition) is 5. The standard InChI is InChI=1S/C14H23N3O2S/c1-14(2,3)19-13(18)17-6-4-5-11(9-17)16-8-12-7-15-10-20-12/h7,10-11,16H,4-6,8-9H2,1-3H3/t11-/m0/s1. The third-order valence-corrected chi connectivity index (χ3v) is 3.90. The van der Waals surface area contributed by atoms with Gasteiger partial charge in [-0.2, -0.15) is 0 Å². The van der Waals surface area contributed by atoms with Crippen molar-refractivity contribution in [2.45, 2.75) is 51.8 Å². The van der Waals surface area contributed by atoms with E-state index < -0.39 is 5.60 Å². The summed E-state index contributed by atoms with van der Waals surface area (Å²) >= 11 is 1.65. The van der Waals surface area contributed by atoms with Crippen LogP contribution in [0.3, 0.4) is 0 Å². The topological polar surface area (TPSA) is 54.5 Å². The van der Waals surface area contributed by atoms with Crippen LogP contribution in [0.1, 0.15) is 38.5 Å². The number of ether oxygens (including phenoxy) is 1. The summed E-state index contributed by atoms with van der Waals surface area (Å²) in [4.78, 5) is 19.1. The quantitative estimate of drug-likeness (QED) is 0.932. The van der Waals surface area contributed by atoms with Gasteiger partial charge in [0.15, 0.2) is 0 Å². The van der Waals surface area contributed by atoms with Gasteiger partial charge in [-0.1, -0.05) is 0 Å². The summed E-state index contributed by atoms with van der Waals surface area (Å²) in [6.45, 7) is 8.01. The second kappa shape index (κ2) is 6.54. The predicted octanol–water partition coefficient (Wildman–Crippen LogP) is 2.63. The maximum atomic E-state index is 12.1. The maximum Gasteiger partial charge on any atom is 0.410 e. The normalized spacial score (nSPS) is 19.9. The fourth-order valence-corrected chi connectivity index (χ4v) is 2.76. The highest BCUT2D eigenvalue weighted by Gasteiger charge is 2.27. The number of piperidine rings is 1. The van der Waals surface area contributed by atoms with E-state index in [-0.39, 0.29) is 6.09 Å². The molecule has 0 saturated carbocycles. The van der Waals surface area contributed by atoms with E-state index >= 15 is 0 Å². The number of nitrogens with one attached hydrogen (secondary N) is 1. The molecule has 1 aliphatic rings. The Morgan fingerprint density at radius 1 is 1.60 bits per heavy atom. The van der Waals surface area contributed by atoms with Crippen molar-refractivity contribution in [2.24, 2.45) is 0 Å². The van der Waals surface area contributed by atoms with Crippen molar-refractivity contribution in [3.8, 4) is 0 Å². The molecule has 1 aliphatic heterocycles. The lowest BCUT2D eigenvalue weighted by Crippen LogP contribution is -2.49. The molecule has 1 amide bonds. The fraction of sp³-hybridized carbons (Fsp3) is 0.714. The molecule has 1 N–H and O–H groups in total. The lowest BCUT2D eigenvalue weighted by Gasteiger charge is -2.34. The molecule has 0 aliphatic carbocycles. The first-order valence-electron chi connectivity index (χ1n) is 7.03. The van der Waals surface area contributed by atoms with Crippen LogP contribution in [0.25, 0.3) is 0 Å². The van der Waals surface area contributed by atoms with E-state index in [1.165, 1.54) is 4.88 Å². The van der Waals surface area contributed by atoms with E-state index in [1.807, 2.05) is 32.5 Å². The van der Waals surface area contributed by atoms with Crippen LogP contribution in [0.5, 0.6) is 0 Å². The minimum absolute atomic E-state index is 0.207. The summed E-state index contributed by atoms with van der Waals surface area (Å²) in [5, 5.41) is 3.49. The van der Waals surface area contributed by atoms with Crippen molar-refractivity contribution < 1.29 is 9.53 Å². The van der Waals surface area contributed by atoms with Gasteiger partial charge in [-0.05, 0) is 33.6 Å². The largest absolute Gasteiger partial charge is 0.444 e. The minimum atomic E-state index is -0.430. The molecular weight excluding hydrogens is 274 g/mol. The van der Waals surface area contributed by atoms with E-state index in [9.17, 15) is 4.79 Å². The van der Waals surface area contributed by atoms with Gasteiger partial charge >= 0.3 is 6.09 Å². The highest BCUT2D eigenvalue weighted by molar-refractivity contribution is 7.09. The molecule has 1 aromatic rings. The van der Waals surface area contributed by atoms with Gasteiger partial charge in [0.25, 0.3) is 0 Å². The van der Waals surface area contributed by atoms with Gasteiger partial charge in [-0.3, -0.25) is 4.98 Å². The molecule has 6 heteroatoms. The van der Waals surface area contributed by atoms with E-state index in [0.29, 0.717) is 12.6 Å². The van der Waals surface area contributed by atoms with Crippen LogP contribution in [-0.4, -0.2) is 40.7 Å². The zero-order valence-electron chi connectivity index (χ0n) is 12.4. The van der Waals surface area contributed by atoms with Crippen molar-refractivity contribution in [1.82, 2.24) is 15.2 Å². The first-order valence-corrected chi connectivity index (χ1v) is 7.91. The summed E-state index contributed by atoms with van der Waals surface area (Å²) in [7, 11) is 0. The van der Waals surface area contributed by atoms with Crippen LogP contribution in [0.4, 0.5) is 4.79 Å². The number of hydrogen-bond donors (Lipinski definition) is 1. The summed E-state index contributed by atoms with van der Waals surface area (Å²) in [6.07, 6.45) is 3.78. The molecule has 0 spiro atoms. The van der Waals surface area contributed by atoms with E-state index in [0.717, 1.165) is 25.9 Å². The van der Waals surface area contributed by atoms with Gasteiger partial charge in [-0.25, -0.2) is 4.79 Å². The molecule has 112 valence electrons. The Morgan fingerprint density at radius 3 is 3.05 bits per heavy atom. The Hall–Kier alpha value is -1.14. The zero-order chi connectivity index (χ0) is 14.6. The molecule has 0 bridgehead atoms. The minimum Gasteiger partial charge on any atom is -0.444 e. The lowest BCUT2D eigenvalue weighted by atomic mass is 10.1. The van der Waals surface area contributed by atoms with Crippen LogP contribution in [0.15, 0.2) is 11.7 Å². The Balaban J connectivity index is 1.80. The number of carbonyl (C=O) groups is 1. The van der Waals surface area contributed by atoms with Crippen LogP contribution >= 0.6 is 11.3 Å². The van der Waals surface area contributed by atoms with Crippen molar-refractivity contribution in [3.05, 3.63) is 16.6 Å². The van der Waals surface area contributed by atoms with Crippen molar-refractivity contribution in [3.63, 3.8) is 0 Å². The van der Waals surface area contributed by atoms with Gasteiger partial charge in [0.05, 0.1) is 5.51 Å². The Labute approximate surface area is 124 Å². The average molecular weight is 297 g/mol. The number of amides is 1. The Kier molecular flexibility index (Phi) is 4.99. The van der Waals surface area contributed by atoms with Gasteiger partial charge in [0.1, 0.15) is 5.60 Å². The molecular formula is C14H23N3O2S. The summed E-state index contributed by atoms with van der Waals surface area (Å²) in [6, 6.07) is 0.332. The fourth-order valence-electron chi connectivity index (χ4n) is 2.21. The van der Waals surface area contributed by atoms with Gasteiger partial charge in [0.2, 0.25) is 0 Å². The van der Waals surface area contributed by atoms with Gasteiger partial charge < -0.3 is 15.0 Å². The molecule has 20 heavy (non-hydrogen) atoms. The number of rotatable bonds is 3. The molecule has 1 fully saturated rings. The lowest BCUT2D eigenvalue weighted by molar-refractivity contribution is 0.0187. The van der Waals surface area contributed by atoms with Crippen LogP contribution in [-0.2, 0) is 11.3 Å². The van der Waals surface area contributed by atoms with Crippen LogP contribution in [0.2, 0.25) is 0 Å². The highest BCUT2D eigenvalue weighted by Crippen LogP contribution is 2.16. The van der Waals surface area contributed by atoms with E-state index in [2.05, 4.69) is 10.3 Å². The number of nitrogens with zero attached hydrogens (tertiary/aromatic N) is 2. The summed E-state index contributed by atoms with van der Waals surface area (Å²) in [5.74, 6) is 0. The molecule has 2 rings (SSSR count). The molecule has 1 saturated heterocycles. The molecule has 5 nitrogen and oxygen atoms in total.